The van der Waals surface area contributed by atoms with Gasteiger partial charge in [0.05, 0.1) is 16.2 Å². The Morgan fingerprint density at radius 2 is 1.90 bits per heavy atom. The molecular weight excluding hydrogens is 395 g/mol. The van der Waals surface area contributed by atoms with Crippen LogP contribution in [0.5, 0.6) is 0 Å². The van der Waals surface area contributed by atoms with E-state index < -0.39 is 17.7 Å². The highest BCUT2D eigenvalue weighted by molar-refractivity contribution is 8.19. The second-order valence-electron chi connectivity index (χ2n) is 6.12. The quantitative estimate of drug-likeness (QED) is 0.603. The van der Waals surface area contributed by atoms with Crippen LogP contribution in [0.15, 0.2) is 70.0 Å². The van der Waals surface area contributed by atoms with Gasteiger partial charge in [-0.05, 0) is 60.3 Å². The van der Waals surface area contributed by atoms with Gasteiger partial charge in [0.25, 0.3) is 5.91 Å². The van der Waals surface area contributed by atoms with Gasteiger partial charge in [0, 0.05) is 11.6 Å². The van der Waals surface area contributed by atoms with Gasteiger partial charge >= 0.3 is 5.97 Å². The molecule has 1 saturated heterocycles. The molecule has 0 radical (unpaired) electrons. The van der Waals surface area contributed by atoms with Crippen LogP contribution in [0.2, 0.25) is 0 Å². The SMILES string of the molecule is N=C1S/C(=C/c2ccc(-c3cccc(C(=O)O)c3)o2)C(=O)N1c1ccc(F)cc1. The first-order valence-electron chi connectivity index (χ1n) is 8.44. The molecular formula is C21H13FN2O4S. The zero-order valence-electron chi connectivity index (χ0n) is 14.8. The van der Waals surface area contributed by atoms with Gasteiger partial charge in [-0.15, -0.1) is 0 Å². The third-order valence-electron chi connectivity index (χ3n) is 4.20. The summed E-state index contributed by atoms with van der Waals surface area (Å²) in [5.74, 6) is -1.01. The van der Waals surface area contributed by atoms with Crippen LogP contribution in [0.1, 0.15) is 16.1 Å². The van der Waals surface area contributed by atoms with E-state index in [0.717, 1.165) is 11.8 Å². The summed E-state index contributed by atoms with van der Waals surface area (Å²) in [6, 6.07) is 15.0. The number of carboxylic acid groups (broad SMARTS) is 1. The number of nitrogens with one attached hydrogen (secondary N) is 1. The van der Waals surface area contributed by atoms with E-state index in [9.17, 15) is 14.0 Å². The molecule has 0 saturated carbocycles. The molecule has 1 aromatic heterocycles. The Kier molecular flexibility index (Phi) is 4.77. The first-order valence-corrected chi connectivity index (χ1v) is 9.26. The predicted octanol–water partition coefficient (Wildman–Crippen LogP) is 4.84. The molecule has 1 aliphatic heterocycles. The molecule has 1 amide bonds. The minimum Gasteiger partial charge on any atom is -0.478 e. The highest BCUT2D eigenvalue weighted by atomic mass is 32.2. The highest BCUT2D eigenvalue weighted by Gasteiger charge is 2.33. The van der Waals surface area contributed by atoms with Gasteiger partial charge in [-0.1, -0.05) is 12.1 Å². The molecule has 144 valence electrons. The fourth-order valence-corrected chi connectivity index (χ4v) is 3.67. The molecule has 4 rings (SSSR count). The second kappa shape index (κ2) is 7.40. The van der Waals surface area contributed by atoms with E-state index in [2.05, 4.69) is 0 Å². The van der Waals surface area contributed by atoms with Crippen molar-refractivity contribution in [3.8, 4) is 11.3 Å². The van der Waals surface area contributed by atoms with Gasteiger partial charge in [-0.2, -0.15) is 0 Å². The third-order valence-corrected chi connectivity index (χ3v) is 5.09. The number of benzene rings is 2. The first-order chi connectivity index (χ1) is 13.9. The van der Waals surface area contributed by atoms with E-state index in [0.29, 0.717) is 27.7 Å². The van der Waals surface area contributed by atoms with Crippen molar-refractivity contribution in [1.82, 2.24) is 0 Å². The van der Waals surface area contributed by atoms with E-state index in [1.165, 1.54) is 47.4 Å². The average molecular weight is 408 g/mol. The number of furan rings is 1. The topological polar surface area (TPSA) is 94.6 Å². The highest BCUT2D eigenvalue weighted by Crippen LogP contribution is 2.36. The largest absolute Gasteiger partial charge is 0.478 e. The van der Waals surface area contributed by atoms with E-state index in [1.807, 2.05) is 0 Å². The van der Waals surface area contributed by atoms with Crippen molar-refractivity contribution < 1.29 is 23.5 Å². The lowest BCUT2D eigenvalue weighted by atomic mass is 10.1. The van der Waals surface area contributed by atoms with Gasteiger partial charge in [-0.25, -0.2) is 9.18 Å². The van der Waals surface area contributed by atoms with Gasteiger partial charge in [0.2, 0.25) is 0 Å². The Morgan fingerprint density at radius 1 is 1.14 bits per heavy atom. The predicted molar refractivity (Wildman–Crippen MR) is 108 cm³/mol. The van der Waals surface area contributed by atoms with Crippen LogP contribution in [0.3, 0.4) is 0 Å². The smallest absolute Gasteiger partial charge is 0.335 e. The normalized spacial score (nSPS) is 15.3. The maximum absolute atomic E-state index is 13.1. The van der Waals surface area contributed by atoms with E-state index in [1.54, 1.807) is 24.3 Å². The molecule has 2 aromatic carbocycles. The maximum Gasteiger partial charge on any atom is 0.335 e. The van der Waals surface area contributed by atoms with Crippen molar-refractivity contribution in [3.63, 3.8) is 0 Å². The number of anilines is 1. The van der Waals surface area contributed by atoms with Crippen molar-refractivity contribution in [2.45, 2.75) is 0 Å². The maximum atomic E-state index is 13.1. The van der Waals surface area contributed by atoms with Crippen LogP contribution in [-0.2, 0) is 4.79 Å². The zero-order chi connectivity index (χ0) is 20.5. The molecule has 8 heteroatoms. The molecule has 0 atom stereocenters. The number of carbonyl (C=O) groups is 2. The molecule has 2 N–H and O–H groups in total. The molecule has 29 heavy (non-hydrogen) atoms. The standard InChI is InChI=1S/C21H13FN2O4S/c22-14-4-6-15(7-5-14)24-19(25)18(29-21(24)23)11-16-8-9-17(28-16)12-2-1-3-13(10-12)20(26)27/h1-11,23H,(H,26,27)/b18-11+,23-21?. The molecule has 1 fully saturated rings. The fourth-order valence-electron chi connectivity index (χ4n) is 2.83. The number of thioether (sulfide) groups is 1. The first kappa shape index (κ1) is 18.7. The minimum absolute atomic E-state index is 0.00815. The van der Waals surface area contributed by atoms with Crippen molar-refractivity contribution in [2.24, 2.45) is 0 Å². The summed E-state index contributed by atoms with van der Waals surface area (Å²) in [6.45, 7) is 0. The Bertz CT molecular complexity index is 1170. The number of amides is 1. The van der Waals surface area contributed by atoms with Gasteiger partial charge < -0.3 is 9.52 Å². The summed E-state index contributed by atoms with van der Waals surface area (Å²) in [5.41, 5.74) is 1.15. The lowest BCUT2D eigenvalue weighted by molar-refractivity contribution is -0.113. The molecule has 0 unspecified atom stereocenters. The molecule has 3 aromatic rings. The number of nitrogens with zero attached hydrogens (tertiary/aromatic N) is 1. The summed E-state index contributed by atoms with van der Waals surface area (Å²) in [7, 11) is 0. The number of halogens is 1. The van der Waals surface area contributed by atoms with Crippen molar-refractivity contribution >= 4 is 40.6 Å². The number of hydrogen-bond donors (Lipinski definition) is 2. The third kappa shape index (κ3) is 3.70. The van der Waals surface area contributed by atoms with Crippen LogP contribution in [0.25, 0.3) is 17.4 Å². The van der Waals surface area contributed by atoms with Crippen LogP contribution in [-0.4, -0.2) is 22.2 Å². The van der Waals surface area contributed by atoms with Crippen LogP contribution in [0.4, 0.5) is 10.1 Å². The monoisotopic (exact) mass is 408 g/mol. The van der Waals surface area contributed by atoms with E-state index >= 15 is 0 Å². The van der Waals surface area contributed by atoms with Crippen molar-refractivity contribution in [3.05, 3.63) is 82.7 Å². The van der Waals surface area contributed by atoms with Gasteiger partial charge in [-0.3, -0.25) is 15.1 Å². The molecule has 1 aliphatic rings. The number of aromatic carboxylic acids is 1. The van der Waals surface area contributed by atoms with Crippen molar-refractivity contribution in [2.75, 3.05) is 4.90 Å². The lowest BCUT2D eigenvalue weighted by Gasteiger charge is -2.13. The summed E-state index contributed by atoms with van der Waals surface area (Å²) in [5, 5.41) is 17.2. The number of carbonyl (C=O) groups excluding carboxylic acids is 1. The molecule has 0 bridgehead atoms. The molecule has 0 spiro atoms. The number of hydrogen-bond acceptors (Lipinski definition) is 5. The summed E-state index contributed by atoms with van der Waals surface area (Å²) in [4.78, 5) is 25.3. The van der Waals surface area contributed by atoms with Crippen LogP contribution >= 0.6 is 11.8 Å². The van der Waals surface area contributed by atoms with E-state index in [-0.39, 0.29) is 10.7 Å². The summed E-state index contributed by atoms with van der Waals surface area (Å²) >= 11 is 0.976. The average Bonchev–Trinajstić information content (AvgIpc) is 3.28. The Labute approximate surface area is 168 Å². The zero-order valence-corrected chi connectivity index (χ0v) is 15.6. The summed E-state index contributed by atoms with van der Waals surface area (Å²) in [6.07, 6.45) is 1.52. The van der Waals surface area contributed by atoms with Gasteiger partial charge in [0.15, 0.2) is 5.17 Å². The lowest BCUT2D eigenvalue weighted by Crippen LogP contribution is -2.28. The molecule has 0 aliphatic carbocycles. The Morgan fingerprint density at radius 3 is 2.62 bits per heavy atom. The fraction of sp³-hybridized carbons (Fsp3) is 0. The van der Waals surface area contributed by atoms with Crippen LogP contribution in [0, 0.1) is 11.2 Å². The number of amidine groups is 1. The Hall–Kier alpha value is -3.65. The minimum atomic E-state index is -1.03. The molecule has 6 nitrogen and oxygen atoms in total. The van der Waals surface area contributed by atoms with Crippen molar-refractivity contribution in [1.29, 1.82) is 5.41 Å². The van der Waals surface area contributed by atoms with E-state index in [4.69, 9.17) is 14.9 Å². The number of carboxylic acids is 1. The second-order valence-corrected chi connectivity index (χ2v) is 7.15. The molecule has 2 heterocycles. The van der Waals surface area contributed by atoms with Gasteiger partial charge in [0.1, 0.15) is 17.3 Å². The van der Waals surface area contributed by atoms with Crippen LogP contribution < -0.4 is 4.90 Å². The Balaban J connectivity index is 1.60. The summed E-state index contributed by atoms with van der Waals surface area (Å²) < 4.78 is 18.9. The number of rotatable bonds is 4.